The number of nitrogens with zero attached hydrogens (tertiary/aromatic N) is 4. The molecule has 138 valence electrons. The lowest BCUT2D eigenvalue weighted by atomic mass is 10.2. The van der Waals surface area contributed by atoms with Gasteiger partial charge >= 0.3 is 0 Å². The topological polar surface area (TPSA) is 39.7 Å². The lowest BCUT2D eigenvalue weighted by molar-refractivity contribution is -0.130. The molecule has 0 radical (unpaired) electrons. The van der Waals surface area contributed by atoms with Crippen LogP contribution in [0.2, 0.25) is 0 Å². The third kappa shape index (κ3) is 5.69. The number of hydrogen-bond acceptors (Lipinski definition) is 5. The summed E-state index contributed by atoms with van der Waals surface area (Å²) in [5.41, 5.74) is 2.40. The molecule has 2 aliphatic rings. The summed E-state index contributed by atoms with van der Waals surface area (Å²) in [5, 5.41) is 0. The fourth-order valence-electron chi connectivity index (χ4n) is 3.50. The van der Waals surface area contributed by atoms with Gasteiger partial charge in [0.2, 0.25) is 5.91 Å². The number of thioether (sulfide) groups is 1. The highest BCUT2D eigenvalue weighted by molar-refractivity contribution is 7.99. The Kier molecular flexibility index (Phi) is 7.13. The second-order valence-electron chi connectivity index (χ2n) is 7.03. The summed E-state index contributed by atoms with van der Waals surface area (Å²) in [6.45, 7) is 10.2. The van der Waals surface area contributed by atoms with E-state index in [1.165, 1.54) is 31.5 Å². The molecule has 3 heterocycles. The number of piperazine rings is 1. The van der Waals surface area contributed by atoms with Gasteiger partial charge in [-0.2, -0.15) is 11.8 Å². The molecule has 0 spiro atoms. The maximum absolute atomic E-state index is 12.4. The van der Waals surface area contributed by atoms with Crippen molar-refractivity contribution in [3.8, 4) is 0 Å². The molecular weight excluding hydrogens is 332 g/mol. The minimum absolute atomic E-state index is 0.306. The molecule has 2 aliphatic heterocycles. The average molecular weight is 363 g/mol. The molecule has 0 aliphatic carbocycles. The van der Waals surface area contributed by atoms with Crippen LogP contribution < -0.4 is 0 Å². The summed E-state index contributed by atoms with van der Waals surface area (Å²) >= 11 is 1.79. The van der Waals surface area contributed by atoms with E-state index < -0.39 is 0 Å². The van der Waals surface area contributed by atoms with E-state index in [1.54, 1.807) is 11.8 Å². The third-order valence-electron chi connectivity index (χ3n) is 5.19. The molecule has 0 bridgehead atoms. The molecular formula is C19H30N4OS. The molecule has 0 saturated carbocycles. The van der Waals surface area contributed by atoms with Gasteiger partial charge in [-0.15, -0.1) is 0 Å². The quantitative estimate of drug-likeness (QED) is 0.693. The van der Waals surface area contributed by atoms with E-state index in [1.807, 2.05) is 17.2 Å². The van der Waals surface area contributed by atoms with Crippen molar-refractivity contribution in [2.75, 3.05) is 57.3 Å². The molecule has 2 saturated heterocycles. The van der Waals surface area contributed by atoms with Gasteiger partial charge in [-0.05, 0) is 44.5 Å². The molecule has 0 aromatic carbocycles. The van der Waals surface area contributed by atoms with Crippen molar-refractivity contribution in [2.24, 2.45) is 0 Å². The number of carbonyl (C=O) groups excluding carboxylic acids is 1. The van der Waals surface area contributed by atoms with Gasteiger partial charge in [0.25, 0.3) is 0 Å². The number of likely N-dealkylation sites (tertiary alicyclic amines) is 1. The average Bonchev–Trinajstić information content (AvgIpc) is 3.15. The number of aryl methyl sites for hydroxylation is 1. The van der Waals surface area contributed by atoms with Gasteiger partial charge in [0.15, 0.2) is 0 Å². The fraction of sp³-hybridized carbons (Fsp3) is 0.684. The first-order chi connectivity index (χ1) is 12.2. The van der Waals surface area contributed by atoms with Crippen LogP contribution in [0.15, 0.2) is 18.3 Å². The van der Waals surface area contributed by atoms with Crippen molar-refractivity contribution in [2.45, 2.75) is 26.3 Å². The lowest BCUT2D eigenvalue weighted by Gasteiger charge is -2.34. The van der Waals surface area contributed by atoms with Gasteiger partial charge in [-0.1, -0.05) is 6.07 Å². The number of rotatable bonds is 7. The van der Waals surface area contributed by atoms with E-state index in [9.17, 15) is 4.79 Å². The Bertz CT molecular complexity index is 554. The molecule has 3 rings (SSSR count). The molecule has 1 aromatic rings. The number of amides is 1. The minimum Gasteiger partial charge on any atom is -0.339 e. The first kappa shape index (κ1) is 18.7. The zero-order valence-corrected chi connectivity index (χ0v) is 16.1. The van der Waals surface area contributed by atoms with Crippen molar-refractivity contribution in [1.29, 1.82) is 0 Å². The summed E-state index contributed by atoms with van der Waals surface area (Å²) in [5.74, 6) is 2.01. The molecule has 0 N–H and O–H groups in total. The number of pyridine rings is 1. The standard InChI is InChI=1S/C19H30N4OS/c1-17-5-4-6-20-18(17)15-22-9-11-23(12-10-22)19(24)16-25-14-13-21-7-2-3-8-21/h4-6H,2-3,7-16H2,1H3. The summed E-state index contributed by atoms with van der Waals surface area (Å²) in [6, 6.07) is 4.10. The maximum atomic E-state index is 12.4. The Hall–Kier alpha value is -1.11. The number of hydrogen-bond donors (Lipinski definition) is 0. The van der Waals surface area contributed by atoms with E-state index in [2.05, 4.69) is 27.8 Å². The van der Waals surface area contributed by atoms with Crippen LogP contribution in [-0.4, -0.2) is 82.9 Å². The normalized spacial score (nSPS) is 19.5. The van der Waals surface area contributed by atoms with Crippen LogP contribution in [0.5, 0.6) is 0 Å². The SMILES string of the molecule is Cc1cccnc1CN1CCN(C(=O)CSCCN2CCCC2)CC1. The van der Waals surface area contributed by atoms with Crippen molar-refractivity contribution in [3.63, 3.8) is 0 Å². The predicted octanol–water partition coefficient (Wildman–Crippen LogP) is 1.86. The highest BCUT2D eigenvalue weighted by Gasteiger charge is 2.21. The van der Waals surface area contributed by atoms with Crippen molar-refractivity contribution < 1.29 is 4.79 Å². The minimum atomic E-state index is 0.306. The van der Waals surface area contributed by atoms with E-state index in [-0.39, 0.29) is 0 Å². The van der Waals surface area contributed by atoms with Crippen LogP contribution in [0.1, 0.15) is 24.1 Å². The predicted molar refractivity (Wildman–Crippen MR) is 104 cm³/mol. The largest absolute Gasteiger partial charge is 0.339 e. The zero-order valence-electron chi connectivity index (χ0n) is 15.3. The second-order valence-corrected chi connectivity index (χ2v) is 8.13. The molecule has 1 amide bonds. The Labute approximate surface area is 155 Å². The van der Waals surface area contributed by atoms with Gasteiger partial charge in [-0.25, -0.2) is 0 Å². The first-order valence-electron chi connectivity index (χ1n) is 9.43. The molecule has 25 heavy (non-hydrogen) atoms. The Morgan fingerprint density at radius 1 is 1.12 bits per heavy atom. The summed E-state index contributed by atoms with van der Waals surface area (Å²) in [6.07, 6.45) is 4.54. The highest BCUT2D eigenvalue weighted by atomic mass is 32.2. The zero-order chi connectivity index (χ0) is 17.5. The van der Waals surface area contributed by atoms with Gasteiger partial charge in [-0.3, -0.25) is 14.7 Å². The number of carbonyl (C=O) groups is 1. The Morgan fingerprint density at radius 3 is 2.60 bits per heavy atom. The summed E-state index contributed by atoms with van der Waals surface area (Å²) in [7, 11) is 0. The van der Waals surface area contributed by atoms with E-state index in [0.29, 0.717) is 11.7 Å². The lowest BCUT2D eigenvalue weighted by Crippen LogP contribution is -2.49. The molecule has 2 fully saturated rings. The Morgan fingerprint density at radius 2 is 1.88 bits per heavy atom. The van der Waals surface area contributed by atoms with Crippen LogP contribution in [0.3, 0.4) is 0 Å². The first-order valence-corrected chi connectivity index (χ1v) is 10.6. The van der Waals surface area contributed by atoms with Crippen LogP contribution in [-0.2, 0) is 11.3 Å². The summed E-state index contributed by atoms with van der Waals surface area (Å²) in [4.78, 5) is 23.8. The molecule has 0 unspecified atom stereocenters. The van der Waals surface area contributed by atoms with E-state index in [0.717, 1.165) is 50.7 Å². The molecule has 5 nitrogen and oxygen atoms in total. The summed E-state index contributed by atoms with van der Waals surface area (Å²) < 4.78 is 0. The second kappa shape index (κ2) is 9.55. The molecule has 0 atom stereocenters. The van der Waals surface area contributed by atoms with Gasteiger partial charge < -0.3 is 9.80 Å². The van der Waals surface area contributed by atoms with Crippen molar-refractivity contribution >= 4 is 17.7 Å². The molecule has 1 aromatic heterocycles. The third-order valence-corrected chi connectivity index (χ3v) is 6.11. The van der Waals surface area contributed by atoms with Crippen LogP contribution in [0, 0.1) is 6.92 Å². The van der Waals surface area contributed by atoms with E-state index in [4.69, 9.17) is 0 Å². The van der Waals surface area contributed by atoms with Crippen molar-refractivity contribution in [1.82, 2.24) is 19.7 Å². The van der Waals surface area contributed by atoms with Crippen LogP contribution in [0.25, 0.3) is 0 Å². The fourth-order valence-corrected chi connectivity index (χ4v) is 4.39. The van der Waals surface area contributed by atoms with Crippen LogP contribution in [0.4, 0.5) is 0 Å². The molecule has 6 heteroatoms. The van der Waals surface area contributed by atoms with E-state index >= 15 is 0 Å². The number of aromatic nitrogens is 1. The van der Waals surface area contributed by atoms with Crippen molar-refractivity contribution in [3.05, 3.63) is 29.6 Å². The Balaban J connectivity index is 1.32. The highest BCUT2D eigenvalue weighted by Crippen LogP contribution is 2.13. The maximum Gasteiger partial charge on any atom is 0.232 e. The van der Waals surface area contributed by atoms with Gasteiger partial charge in [0.1, 0.15) is 0 Å². The smallest absolute Gasteiger partial charge is 0.232 e. The van der Waals surface area contributed by atoms with Gasteiger partial charge in [0.05, 0.1) is 11.4 Å². The van der Waals surface area contributed by atoms with Gasteiger partial charge in [0, 0.05) is 51.2 Å². The monoisotopic (exact) mass is 362 g/mol. The van der Waals surface area contributed by atoms with Crippen LogP contribution >= 0.6 is 11.8 Å².